The average molecular weight is 331 g/mol. The van der Waals surface area contributed by atoms with Gasteiger partial charge in [0.25, 0.3) is 0 Å². The third-order valence-electron chi connectivity index (χ3n) is 2.40. The number of nitrogens with zero attached hydrogens (tertiary/aromatic N) is 1. The zero-order valence-corrected chi connectivity index (χ0v) is 12.1. The number of aromatic nitrogens is 1. The molecule has 1 aromatic carbocycles. The third kappa shape index (κ3) is 2.77. The number of methoxy groups -OCH3 is 1. The summed E-state index contributed by atoms with van der Waals surface area (Å²) in [6.07, 6.45) is 0. The van der Waals surface area contributed by atoms with Crippen molar-refractivity contribution in [1.82, 2.24) is 4.98 Å². The van der Waals surface area contributed by atoms with Crippen molar-refractivity contribution < 1.29 is 9.13 Å². The van der Waals surface area contributed by atoms with Gasteiger partial charge in [-0.1, -0.05) is 15.9 Å². The number of hydrogen-bond acceptors (Lipinski definition) is 4. The molecule has 0 fully saturated rings. The molecular formula is C12H12BrFN2OS. The topological polar surface area (TPSA) is 48.1 Å². The van der Waals surface area contributed by atoms with Gasteiger partial charge in [0.2, 0.25) is 0 Å². The van der Waals surface area contributed by atoms with Gasteiger partial charge >= 0.3 is 0 Å². The Morgan fingerprint density at radius 3 is 2.94 bits per heavy atom. The second-order valence-corrected chi connectivity index (χ2v) is 5.65. The van der Waals surface area contributed by atoms with E-state index in [1.54, 1.807) is 19.2 Å². The predicted molar refractivity (Wildman–Crippen MR) is 73.8 cm³/mol. The molecule has 0 radical (unpaired) electrons. The number of thiazole rings is 1. The van der Waals surface area contributed by atoms with Crippen LogP contribution in [0.3, 0.4) is 0 Å². The quantitative estimate of drug-likeness (QED) is 0.935. The molecule has 0 amide bonds. The smallest absolute Gasteiger partial charge is 0.133 e. The lowest BCUT2D eigenvalue weighted by molar-refractivity contribution is 0.181. The number of hydrogen-bond donors (Lipinski definition) is 1. The average Bonchev–Trinajstić information content (AvgIpc) is 2.76. The van der Waals surface area contributed by atoms with Crippen molar-refractivity contribution >= 4 is 27.3 Å². The van der Waals surface area contributed by atoms with E-state index in [-0.39, 0.29) is 5.82 Å². The zero-order chi connectivity index (χ0) is 13.1. The molecule has 3 nitrogen and oxygen atoms in total. The van der Waals surface area contributed by atoms with Gasteiger partial charge in [0.1, 0.15) is 10.8 Å². The van der Waals surface area contributed by atoms with Gasteiger partial charge in [-0.25, -0.2) is 9.37 Å². The molecule has 6 heteroatoms. The Balaban J connectivity index is 2.47. The molecule has 96 valence electrons. The molecule has 0 aliphatic rings. The molecular weight excluding hydrogens is 319 g/mol. The molecule has 0 saturated carbocycles. The fourth-order valence-electron chi connectivity index (χ4n) is 1.57. The lowest BCUT2D eigenvalue weighted by Crippen LogP contribution is -1.99. The first-order chi connectivity index (χ1) is 8.65. The van der Waals surface area contributed by atoms with Crippen LogP contribution in [0.5, 0.6) is 0 Å². The molecule has 0 aliphatic heterocycles. The maximum Gasteiger partial charge on any atom is 0.133 e. The molecule has 2 N–H and O–H groups in total. The minimum atomic E-state index is -0.292. The Hall–Kier alpha value is -0.820. The predicted octanol–water partition coefficient (Wildman–Crippen LogP) is 3.32. The second-order valence-electron chi connectivity index (χ2n) is 3.65. The number of nitrogens with two attached hydrogens (primary N) is 1. The highest BCUT2D eigenvalue weighted by Crippen LogP contribution is 2.31. The molecule has 2 aromatic rings. The van der Waals surface area contributed by atoms with Gasteiger partial charge < -0.3 is 10.5 Å². The number of rotatable bonds is 4. The van der Waals surface area contributed by atoms with Gasteiger partial charge in [0.15, 0.2) is 0 Å². The molecule has 18 heavy (non-hydrogen) atoms. The highest BCUT2D eigenvalue weighted by atomic mass is 79.9. The van der Waals surface area contributed by atoms with Crippen molar-refractivity contribution in [3.63, 3.8) is 0 Å². The SMILES string of the molecule is COCc1nc(-c2cc(Br)ccc2F)sc1CN. The first kappa shape index (κ1) is 13.6. The van der Waals surface area contributed by atoms with Crippen LogP contribution in [0, 0.1) is 5.82 Å². The summed E-state index contributed by atoms with van der Waals surface area (Å²) in [5, 5.41) is 0.626. The van der Waals surface area contributed by atoms with Gasteiger partial charge in [-0.3, -0.25) is 0 Å². The van der Waals surface area contributed by atoms with Crippen LogP contribution in [-0.4, -0.2) is 12.1 Å². The Labute approximate surface area is 117 Å². The minimum absolute atomic E-state index is 0.292. The Morgan fingerprint density at radius 2 is 2.28 bits per heavy atom. The third-order valence-corrected chi connectivity index (χ3v) is 4.05. The van der Waals surface area contributed by atoms with Gasteiger partial charge in [0.05, 0.1) is 12.3 Å². The van der Waals surface area contributed by atoms with E-state index in [0.717, 1.165) is 15.0 Å². The van der Waals surface area contributed by atoms with Crippen LogP contribution in [0.15, 0.2) is 22.7 Å². The Kier molecular flexibility index (Phi) is 4.45. The highest BCUT2D eigenvalue weighted by Gasteiger charge is 2.14. The van der Waals surface area contributed by atoms with E-state index in [2.05, 4.69) is 20.9 Å². The summed E-state index contributed by atoms with van der Waals surface area (Å²) >= 11 is 4.73. The van der Waals surface area contributed by atoms with Crippen molar-refractivity contribution in [1.29, 1.82) is 0 Å². The Bertz CT molecular complexity index is 559. The van der Waals surface area contributed by atoms with Crippen molar-refractivity contribution in [3.8, 4) is 10.6 Å². The van der Waals surface area contributed by atoms with E-state index in [1.165, 1.54) is 17.4 Å². The van der Waals surface area contributed by atoms with Gasteiger partial charge in [0, 0.05) is 28.6 Å². The maximum absolute atomic E-state index is 13.8. The van der Waals surface area contributed by atoms with Crippen LogP contribution < -0.4 is 5.73 Å². The largest absolute Gasteiger partial charge is 0.378 e. The normalized spacial score (nSPS) is 10.9. The molecule has 2 rings (SSSR count). The van der Waals surface area contributed by atoms with Gasteiger partial charge in [-0.05, 0) is 18.2 Å². The number of halogens is 2. The Morgan fingerprint density at radius 1 is 1.50 bits per heavy atom. The van der Waals surface area contributed by atoms with Crippen molar-refractivity contribution in [2.45, 2.75) is 13.2 Å². The molecule has 1 aromatic heterocycles. The number of ether oxygens (including phenoxy) is 1. The molecule has 1 heterocycles. The standard InChI is InChI=1S/C12H12BrFN2OS/c1-17-6-10-11(5-15)18-12(16-10)8-4-7(13)2-3-9(8)14/h2-4H,5-6,15H2,1H3. The highest BCUT2D eigenvalue weighted by molar-refractivity contribution is 9.10. The van der Waals surface area contributed by atoms with Crippen LogP contribution >= 0.6 is 27.3 Å². The summed E-state index contributed by atoms with van der Waals surface area (Å²) in [5.41, 5.74) is 6.91. The summed E-state index contributed by atoms with van der Waals surface area (Å²) < 4.78 is 19.6. The summed E-state index contributed by atoms with van der Waals surface area (Å²) in [6.45, 7) is 0.768. The molecule has 0 saturated heterocycles. The molecule has 0 aliphatic carbocycles. The van der Waals surface area contributed by atoms with Crippen LogP contribution in [0.1, 0.15) is 10.6 Å². The van der Waals surface area contributed by atoms with Crippen molar-refractivity contribution in [2.75, 3.05) is 7.11 Å². The lowest BCUT2D eigenvalue weighted by atomic mass is 10.2. The fourth-order valence-corrected chi connectivity index (χ4v) is 2.89. The molecule has 0 spiro atoms. The van der Waals surface area contributed by atoms with E-state index in [9.17, 15) is 4.39 Å². The maximum atomic E-state index is 13.8. The molecule has 0 atom stereocenters. The second kappa shape index (κ2) is 5.88. The fraction of sp³-hybridized carbons (Fsp3) is 0.250. The van der Waals surface area contributed by atoms with E-state index in [0.29, 0.717) is 23.7 Å². The van der Waals surface area contributed by atoms with E-state index in [4.69, 9.17) is 10.5 Å². The summed E-state index contributed by atoms with van der Waals surface area (Å²) in [7, 11) is 1.60. The summed E-state index contributed by atoms with van der Waals surface area (Å²) in [4.78, 5) is 5.32. The van der Waals surface area contributed by atoms with Gasteiger partial charge in [-0.2, -0.15) is 0 Å². The zero-order valence-electron chi connectivity index (χ0n) is 9.74. The van der Waals surface area contributed by atoms with Crippen molar-refractivity contribution in [2.24, 2.45) is 5.73 Å². The van der Waals surface area contributed by atoms with E-state index < -0.39 is 0 Å². The first-order valence-corrected chi connectivity index (χ1v) is 6.89. The van der Waals surface area contributed by atoms with Crippen LogP contribution in [-0.2, 0) is 17.9 Å². The van der Waals surface area contributed by atoms with E-state index >= 15 is 0 Å². The van der Waals surface area contributed by atoms with Crippen LogP contribution in [0.25, 0.3) is 10.6 Å². The number of benzene rings is 1. The van der Waals surface area contributed by atoms with Crippen LogP contribution in [0.4, 0.5) is 4.39 Å². The summed E-state index contributed by atoms with van der Waals surface area (Å²) in [6, 6.07) is 4.79. The first-order valence-electron chi connectivity index (χ1n) is 5.28. The van der Waals surface area contributed by atoms with Crippen LogP contribution in [0.2, 0.25) is 0 Å². The molecule has 0 bridgehead atoms. The molecule has 0 unspecified atom stereocenters. The monoisotopic (exact) mass is 330 g/mol. The van der Waals surface area contributed by atoms with Gasteiger partial charge in [-0.15, -0.1) is 11.3 Å². The minimum Gasteiger partial charge on any atom is -0.378 e. The summed E-state index contributed by atoms with van der Waals surface area (Å²) in [5.74, 6) is -0.292. The lowest BCUT2D eigenvalue weighted by Gasteiger charge is -1.99. The van der Waals surface area contributed by atoms with Crippen molar-refractivity contribution in [3.05, 3.63) is 39.1 Å². The van der Waals surface area contributed by atoms with E-state index in [1.807, 2.05) is 0 Å².